The lowest BCUT2D eigenvalue weighted by atomic mass is 9.83. The summed E-state index contributed by atoms with van der Waals surface area (Å²) >= 11 is 1.96. The first-order valence-corrected chi connectivity index (χ1v) is 8.06. The molecule has 0 aromatic heterocycles. The van der Waals surface area contributed by atoms with E-state index in [4.69, 9.17) is 0 Å². The molecule has 1 aliphatic heterocycles. The highest BCUT2D eigenvalue weighted by Crippen LogP contribution is 2.30. The minimum atomic E-state index is 0.686. The van der Waals surface area contributed by atoms with Gasteiger partial charge in [-0.2, -0.15) is 0 Å². The van der Waals surface area contributed by atoms with Crippen LogP contribution in [-0.4, -0.2) is 23.0 Å². The molecule has 17 heavy (non-hydrogen) atoms. The van der Waals surface area contributed by atoms with Gasteiger partial charge in [0.1, 0.15) is 0 Å². The summed E-state index contributed by atoms with van der Waals surface area (Å²) in [7, 11) is 0. The van der Waals surface area contributed by atoms with Gasteiger partial charge in [-0.05, 0) is 24.7 Å². The zero-order chi connectivity index (χ0) is 12.3. The van der Waals surface area contributed by atoms with Crippen LogP contribution >= 0.6 is 11.8 Å². The van der Waals surface area contributed by atoms with Crippen molar-refractivity contribution in [1.29, 1.82) is 0 Å². The molecule has 0 aromatic rings. The molecule has 0 radical (unpaired) electrons. The lowest BCUT2D eigenvalue weighted by molar-refractivity contribution is 0.281. The van der Waals surface area contributed by atoms with Crippen LogP contribution in [0.4, 0.5) is 0 Å². The van der Waals surface area contributed by atoms with Gasteiger partial charge in [0.05, 0.1) is 6.54 Å². The third-order valence-electron chi connectivity index (χ3n) is 4.16. The second kappa shape index (κ2) is 6.12. The summed E-state index contributed by atoms with van der Waals surface area (Å²) in [6, 6.07) is 0.686. The third-order valence-corrected chi connectivity index (χ3v) is 5.63. The van der Waals surface area contributed by atoms with E-state index in [9.17, 15) is 0 Å². The van der Waals surface area contributed by atoms with Crippen molar-refractivity contribution in [3.05, 3.63) is 0 Å². The van der Waals surface area contributed by atoms with Crippen LogP contribution in [0.25, 0.3) is 0 Å². The Morgan fingerprint density at radius 3 is 2.76 bits per heavy atom. The van der Waals surface area contributed by atoms with E-state index >= 15 is 0 Å². The van der Waals surface area contributed by atoms with Crippen molar-refractivity contribution in [2.24, 2.45) is 16.8 Å². The fraction of sp³-hybridized carbons (Fsp3) is 0.929. The van der Waals surface area contributed by atoms with Gasteiger partial charge in [-0.25, -0.2) is 0 Å². The second-order valence-corrected chi connectivity index (χ2v) is 6.98. The van der Waals surface area contributed by atoms with Gasteiger partial charge in [-0.3, -0.25) is 4.99 Å². The number of hydrogen-bond donors (Lipinski definition) is 1. The molecule has 1 heterocycles. The van der Waals surface area contributed by atoms with Crippen LogP contribution in [0.5, 0.6) is 0 Å². The first-order chi connectivity index (χ1) is 8.20. The Balaban J connectivity index is 1.84. The van der Waals surface area contributed by atoms with Gasteiger partial charge < -0.3 is 5.32 Å². The minimum Gasteiger partial charge on any atom is -0.362 e. The average molecular weight is 254 g/mol. The molecule has 0 amide bonds. The van der Waals surface area contributed by atoms with E-state index in [1.54, 1.807) is 0 Å². The fourth-order valence-electron chi connectivity index (χ4n) is 2.86. The van der Waals surface area contributed by atoms with Crippen LogP contribution in [0.1, 0.15) is 52.9 Å². The highest BCUT2D eigenvalue weighted by molar-refractivity contribution is 8.14. The van der Waals surface area contributed by atoms with Crippen LogP contribution in [-0.2, 0) is 0 Å². The highest BCUT2D eigenvalue weighted by Gasteiger charge is 2.28. The Kier molecular flexibility index (Phi) is 4.78. The monoisotopic (exact) mass is 254 g/mol. The van der Waals surface area contributed by atoms with Crippen LogP contribution in [0, 0.1) is 11.8 Å². The Morgan fingerprint density at radius 2 is 2.12 bits per heavy atom. The Hall–Kier alpha value is -0.180. The summed E-state index contributed by atoms with van der Waals surface area (Å²) in [6.07, 6.45) is 6.86. The van der Waals surface area contributed by atoms with Gasteiger partial charge in [0.25, 0.3) is 0 Å². The summed E-state index contributed by atoms with van der Waals surface area (Å²) in [5.74, 6) is 1.60. The number of nitrogens with zero attached hydrogens (tertiary/aromatic N) is 1. The molecule has 1 N–H and O–H groups in total. The topological polar surface area (TPSA) is 24.4 Å². The predicted octanol–water partition coefficient (Wildman–Crippen LogP) is 3.67. The molecule has 1 fully saturated rings. The van der Waals surface area contributed by atoms with Gasteiger partial charge in [0.15, 0.2) is 5.17 Å². The molecule has 3 unspecified atom stereocenters. The van der Waals surface area contributed by atoms with Gasteiger partial charge in [0.2, 0.25) is 0 Å². The molecule has 3 atom stereocenters. The predicted molar refractivity (Wildman–Crippen MR) is 77.7 cm³/mol. The lowest BCUT2D eigenvalue weighted by Crippen LogP contribution is -2.40. The molecule has 0 saturated heterocycles. The maximum atomic E-state index is 4.67. The minimum absolute atomic E-state index is 0.686. The summed E-state index contributed by atoms with van der Waals surface area (Å²) in [5, 5.41) is 5.63. The van der Waals surface area contributed by atoms with Crippen molar-refractivity contribution < 1.29 is 0 Å². The summed E-state index contributed by atoms with van der Waals surface area (Å²) in [6.45, 7) is 7.93. The molecular formula is C14H26N2S. The third kappa shape index (κ3) is 3.40. The van der Waals surface area contributed by atoms with Gasteiger partial charge in [0, 0.05) is 11.3 Å². The average Bonchev–Trinajstić information content (AvgIpc) is 2.78. The Morgan fingerprint density at radius 1 is 1.35 bits per heavy atom. The molecular weight excluding hydrogens is 228 g/mol. The number of hydrogen-bond acceptors (Lipinski definition) is 3. The maximum absolute atomic E-state index is 4.67. The molecule has 2 rings (SSSR count). The van der Waals surface area contributed by atoms with Crippen LogP contribution < -0.4 is 5.32 Å². The summed E-state index contributed by atoms with van der Waals surface area (Å²) in [5.41, 5.74) is 0. The standard InChI is InChI=1S/C14H26N2S/c1-4-11-7-5-6-8-12(11)16-14-15-9-13(17-14)10(2)3/h10-13H,4-9H2,1-3H3,(H,15,16). The normalized spacial score (nSPS) is 33.9. The molecule has 0 aromatic carbocycles. The second-order valence-electron chi connectivity index (χ2n) is 5.75. The highest BCUT2D eigenvalue weighted by atomic mass is 32.2. The number of nitrogens with one attached hydrogen (secondary N) is 1. The van der Waals surface area contributed by atoms with Gasteiger partial charge in [-0.1, -0.05) is 51.8 Å². The van der Waals surface area contributed by atoms with Crippen molar-refractivity contribution >= 4 is 16.9 Å². The molecule has 3 heteroatoms. The molecule has 1 aliphatic carbocycles. The smallest absolute Gasteiger partial charge is 0.157 e. The van der Waals surface area contributed by atoms with Gasteiger partial charge >= 0.3 is 0 Å². The van der Waals surface area contributed by atoms with Crippen LogP contribution in [0.3, 0.4) is 0 Å². The SMILES string of the molecule is CCC1CCCCC1NC1=NCC(C(C)C)S1. The van der Waals surface area contributed by atoms with E-state index < -0.39 is 0 Å². The van der Waals surface area contributed by atoms with E-state index in [0.717, 1.165) is 18.4 Å². The quantitative estimate of drug-likeness (QED) is 0.831. The van der Waals surface area contributed by atoms with Crippen molar-refractivity contribution in [2.45, 2.75) is 64.2 Å². The molecule has 98 valence electrons. The van der Waals surface area contributed by atoms with E-state index in [0.29, 0.717) is 11.3 Å². The lowest BCUT2D eigenvalue weighted by Gasteiger charge is -2.32. The molecule has 0 spiro atoms. The zero-order valence-electron chi connectivity index (χ0n) is 11.4. The van der Waals surface area contributed by atoms with Crippen molar-refractivity contribution in [3.63, 3.8) is 0 Å². The Bertz CT molecular complexity index is 275. The van der Waals surface area contributed by atoms with E-state index in [1.807, 2.05) is 11.8 Å². The maximum Gasteiger partial charge on any atom is 0.157 e. The summed E-state index contributed by atoms with van der Waals surface area (Å²) in [4.78, 5) is 4.67. The number of amidine groups is 1. The van der Waals surface area contributed by atoms with E-state index in [1.165, 1.54) is 37.3 Å². The molecule has 2 aliphatic rings. The number of aliphatic imine (C=N–C) groups is 1. The van der Waals surface area contributed by atoms with E-state index in [-0.39, 0.29) is 0 Å². The van der Waals surface area contributed by atoms with Gasteiger partial charge in [-0.15, -0.1) is 0 Å². The van der Waals surface area contributed by atoms with Crippen molar-refractivity contribution in [3.8, 4) is 0 Å². The van der Waals surface area contributed by atoms with Crippen LogP contribution in [0.15, 0.2) is 4.99 Å². The van der Waals surface area contributed by atoms with Crippen LogP contribution in [0.2, 0.25) is 0 Å². The van der Waals surface area contributed by atoms with Crippen molar-refractivity contribution in [1.82, 2.24) is 5.32 Å². The number of rotatable bonds is 3. The zero-order valence-corrected chi connectivity index (χ0v) is 12.2. The molecule has 1 saturated carbocycles. The largest absolute Gasteiger partial charge is 0.362 e. The molecule has 2 nitrogen and oxygen atoms in total. The molecule has 0 bridgehead atoms. The first kappa shape index (κ1) is 13.3. The summed E-state index contributed by atoms with van der Waals surface area (Å²) < 4.78 is 0. The number of thioether (sulfide) groups is 1. The van der Waals surface area contributed by atoms with E-state index in [2.05, 4.69) is 31.1 Å². The Labute approximate surface area is 110 Å². The van der Waals surface area contributed by atoms with Crippen molar-refractivity contribution in [2.75, 3.05) is 6.54 Å². The first-order valence-electron chi connectivity index (χ1n) is 7.18. The fourth-order valence-corrected chi connectivity index (χ4v) is 3.94.